The summed E-state index contributed by atoms with van der Waals surface area (Å²) in [4.78, 5) is 30.1. The van der Waals surface area contributed by atoms with Crippen molar-refractivity contribution in [2.45, 2.75) is 33.2 Å². The molecule has 0 unspecified atom stereocenters. The average molecular weight is 387 g/mol. The molecule has 1 aromatic heterocycles. The molecule has 144 valence electrons. The Hall–Kier alpha value is -2.34. The molecule has 0 saturated heterocycles. The van der Waals surface area contributed by atoms with Crippen LogP contribution >= 0.6 is 11.3 Å². The highest BCUT2D eigenvalue weighted by Crippen LogP contribution is 2.24. The summed E-state index contributed by atoms with van der Waals surface area (Å²) in [5.74, 6) is -0.127. The third-order valence-electron chi connectivity index (χ3n) is 4.86. The predicted octanol–water partition coefficient (Wildman–Crippen LogP) is 3.73. The van der Waals surface area contributed by atoms with E-state index < -0.39 is 0 Å². The van der Waals surface area contributed by atoms with Crippen LogP contribution in [0.3, 0.4) is 0 Å². The summed E-state index contributed by atoms with van der Waals surface area (Å²) in [6.45, 7) is 7.14. The molecule has 1 amide bonds. The van der Waals surface area contributed by atoms with Crippen LogP contribution in [0.1, 0.15) is 41.1 Å². The summed E-state index contributed by atoms with van der Waals surface area (Å²) in [6, 6.07) is 9.54. The maximum atomic E-state index is 12.7. The molecule has 0 atom stereocenters. The lowest BCUT2D eigenvalue weighted by Crippen LogP contribution is -2.37. The zero-order valence-corrected chi connectivity index (χ0v) is 16.8. The van der Waals surface area contributed by atoms with Gasteiger partial charge < -0.3 is 14.5 Å². The molecule has 0 aliphatic carbocycles. The van der Waals surface area contributed by atoms with Crippen molar-refractivity contribution in [3.05, 3.63) is 51.7 Å². The number of esters is 1. The molecule has 6 heteroatoms. The first-order valence-corrected chi connectivity index (χ1v) is 10.4. The lowest BCUT2D eigenvalue weighted by atomic mass is 10.1. The van der Waals surface area contributed by atoms with Crippen molar-refractivity contribution < 1.29 is 14.3 Å². The van der Waals surface area contributed by atoms with E-state index in [4.69, 9.17) is 4.74 Å². The monoisotopic (exact) mass is 386 g/mol. The average Bonchev–Trinajstić information content (AvgIpc) is 3.16. The molecule has 0 saturated carbocycles. The normalized spacial score (nSPS) is 13.2. The van der Waals surface area contributed by atoms with Crippen molar-refractivity contribution in [1.82, 2.24) is 4.90 Å². The van der Waals surface area contributed by atoms with Crippen molar-refractivity contribution in [3.8, 4) is 0 Å². The van der Waals surface area contributed by atoms with Crippen molar-refractivity contribution in [1.29, 1.82) is 0 Å². The number of fused-ring (bicyclic) bond motifs is 1. The highest BCUT2D eigenvalue weighted by molar-refractivity contribution is 7.10. The number of carbonyl (C=O) groups excluding carboxylic acids is 2. The van der Waals surface area contributed by atoms with Crippen molar-refractivity contribution in [3.63, 3.8) is 0 Å². The molecule has 0 radical (unpaired) electrons. The van der Waals surface area contributed by atoms with Gasteiger partial charge in [-0.25, -0.2) is 4.79 Å². The van der Waals surface area contributed by atoms with Gasteiger partial charge in [-0.1, -0.05) is 6.07 Å². The predicted molar refractivity (Wildman–Crippen MR) is 108 cm³/mol. The minimum absolute atomic E-state index is 0.187. The second kappa shape index (κ2) is 9.04. The Bertz CT molecular complexity index is 802. The SMILES string of the molecule is CCOC(=O)c1cccc(N(CC)CCC(=O)N2CCc3sccc3C2)c1. The zero-order valence-electron chi connectivity index (χ0n) is 15.9. The lowest BCUT2D eigenvalue weighted by molar-refractivity contribution is -0.131. The van der Waals surface area contributed by atoms with Gasteiger partial charge in [-0.05, 0) is 55.5 Å². The van der Waals surface area contributed by atoms with Gasteiger partial charge in [-0.3, -0.25) is 4.79 Å². The van der Waals surface area contributed by atoms with E-state index in [1.807, 2.05) is 23.1 Å². The standard InChI is InChI=1S/C21H26N2O3S/c1-3-22(18-7-5-6-16(14-18)21(25)26-4-2)12-9-20(24)23-11-8-19-17(15-23)10-13-27-19/h5-7,10,13-14H,3-4,8-9,11-12,15H2,1-2H3. The molecule has 3 rings (SSSR count). The fourth-order valence-electron chi connectivity index (χ4n) is 3.36. The van der Waals surface area contributed by atoms with E-state index in [2.05, 4.69) is 23.3 Å². The summed E-state index contributed by atoms with van der Waals surface area (Å²) in [5.41, 5.74) is 2.77. The van der Waals surface area contributed by atoms with E-state index in [1.54, 1.807) is 24.3 Å². The number of ether oxygens (including phenoxy) is 1. The van der Waals surface area contributed by atoms with Crippen molar-refractivity contribution >= 4 is 28.9 Å². The first-order valence-electron chi connectivity index (χ1n) is 9.47. The maximum Gasteiger partial charge on any atom is 0.338 e. The number of hydrogen-bond acceptors (Lipinski definition) is 5. The van der Waals surface area contributed by atoms with Crippen LogP contribution < -0.4 is 4.90 Å². The minimum Gasteiger partial charge on any atom is -0.462 e. The van der Waals surface area contributed by atoms with Crippen LogP contribution in [0, 0.1) is 0 Å². The quantitative estimate of drug-likeness (QED) is 0.681. The van der Waals surface area contributed by atoms with Crippen LogP contribution in [0.25, 0.3) is 0 Å². The summed E-state index contributed by atoms with van der Waals surface area (Å²) in [7, 11) is 0. The van der Waals surface area contributed by atoms with Crippen LogP contribution in [0.2, 0.25) is 0 Å². The number of benzene rings is 1. The Balaban J connectivity index is 1.60. The van der Waals surface area contributed by atoms with Crippen molar-refractivity contribution in [2.75, 3.05) is 31.1 Å². The maximum absolute atomic E-state index is 12.7. The van der Waals surface area contributed by atoms with Crippen LogP contribution in [0.5, 0.6) is 0 Å². The largest absolute Gasteiger partial charge is 0.462 e. The molecule has 2 aromatic rings. The second-order valence-corrected chi connectivity index (χ2v) is 7.54. The highest BCUT2D eigenvalue weighted by Gasteiger charge is 2.21. The Morgan fingerprint density at radius 2 is 2.11 bits per heavy atom. The molecule has 0 fully saturated rings. The minimum atomic E-state index is -0.314. The van der Waals surface area contributed by atoms with Gasteiger partial charge in [-0.2, -0.15) is 0 Å². The number of hydrogen-bond donors (Lipinski definition) is 0. The van der Waals surface area contributed by atoms with Crippen LogP contribution in [-0.2, 0) is 22.5 Å². The lowest BCUT2D eigenvalue weighted by Gasteiger charge is -2.29. The van der Waals surface area contributed by atoms with Gasteiger partial charge in [0.05, 0.1) is 12.2 Å². The first-order chi connectivity index (χ1) is 13.1. The number of nitrogens with zero attached hydrogens (tertiary/aromatic N) is 2. The van der Waals surface area contributed by atoms with Gasteiger partial charge in [0.2, 0.25) is 5.91 Å². The van der Waals surface area contributed by atoms with E-state index in [9.17, 15) is 9.59 Å². The van der Waals surface area contributed by atoms with Gasteiger partial charge >= 0.3 is 5.97 Å². The Morgan fingerprint density at radius 3 is 2.89 bits per heavy atom. The number of anilines is 1. The molecular formula is C21H26N2O3S. The number of carbonyl (C=O) groups is 2. The van der Waals surface area contributed by atoms with Crippen LogP contribution in [-0.4, -0.2) is 43.0 Å². The van der Waals surface area contributed by atoms with Crippen LogP contribution in [0.4, 0.5) is 5.69 Å². The van der Waals surface area contributed by atoms with Crippen LogP contribution in [0.15, 0.2) is 35.7 Å². The molecule has 1 aliphatic rings. The molecular weight excluding hydrogens is 360 g/mol. The fourth-order valence-corrected chi connectivity index (χ4v) is 4.25. The van der Waals surface area contributed by atoms with Crippen molar-refractivity contribution in [2.24, 2.45) is 0 Å². The molecule has 0 bridgehead atoms. The first kappa shape index (κ1) is 19.4. The summed E-state index contributed by atoms with van der Waals surface area (Å²) >= 11 is 1.78. The van der Waals surface area contributed by atoms with Gasteiger partial charge in [0, 0.05) is 43.2 Å². The van der Waals surface area contributed by atoms with E-state index in [0.29, 0.717) is 25.1 Å². The van der Waals surface area contributed by atoms with E-state index in [0.717, 1.165) is 31.7 Å². The Kier molecular flexibility index (Phi) is 6.50. The molecule has 27 heavy (non-hydrogen) atoms. The van der Waals surface area contributed by atoms with Gasteiger partial charge in [-0.15, -0.1) is 11.3 Å². The van der Waals surface area contributed by atoms with Gasteiger partial charge in [0.25, 0.3) is 0 Å². The second-order valence-electron chi connectivity index (χ2n) is 6.53. The Labute approximate surface area is 164 Å². The summed E-state index contributed by atoms with van der Waals surface area (Å²) < 4.78 is 5.08. The van der Waals surface area contributed by atoms with E-state index >= 15 is 0 Å². The molecule has 5 nitrogen and oxygen atoms in total. The topological polar surface area (TPSA) is 49.9 Å². The molecule has 1 aliphatic heterocycles. The molecule has 2 heterocycles. The van der Waals surface area contributed by atoms with Gasteiger partial charge in [0.1, 0.15) is 0 Å². The number of amides is 1. The molecule has 1 aromatic carbocycles. The fraction of sp³-hybridized carbons (Fsp3) is 0.429. The third kappa shape index (κ3) is 4.69. The molecule has 0 N–H and O–H groups in total. The third-order valence-corrected chi connectivity index (χ3v) is 5.88. The summed E-state index contributed by atoms with van der Waals surface area (Å²) in [6.07, 6.45) is 1.43. The van der Waals surface area contributed by atoms with E-state index in [-0.39, 0.29) is 11.9 Å². The number of thiophene rings is 1. The summed E-state index contributed by atoms with van der Waals surface area (Å²) in [5, 5.41) is 2.11. The van der Waals surface area contributed by atoms with E-state index in [1.165, 1.54) is 10.4 Å². The highest BCUT2D eigenvalue weighted by atomic mass is 32.1. The Morgan fingerprint density at radius 1 is 1.26 bits per heavy atom. The number of rotatable bonds is 7. The molecule has 0 spiro atoms. The zero-order chi connectivity index (χ0) is 19.2. The van der Waals surface area contributed by atoms with Gasteiger partial charge in [0.15, 0.2) is 0 Å². The smallest absolute Gasteiger partial charge is 0.338 e.